The van der Waals surface area contributed by atoms with Crippen LogP contribution in [0.25, 0.3) is 0 Å². The van der Waals surface area contributed by atoms with Gasteiger partial charge in [-0.15, -0.1) is 0 Å². The Morgan fingerprint density at radius 1 is 1.03 bits per heavy atom. The second-order valence-electron chi connectivity index (χ2n) is 8.92. The highest BCUT2D eigenvalue weighted by atomic mass is 32.2. The van der Waals surface area contributed by atoms with Gasteiger partial charge in [0.05, 0.1) is 18.5 Å². The van der Waals surface area contributed by atoms with Crippen LogP contribution in [-0.4, -0.2) is 49.7 Å². The predicted octanol–water partition coefficient (Wildman–Crippen LogP) is 4.88. The molecule has 0 bridgehead atoms. The molecule has 0 fully saturated rings. The van der Waals surface area contributed by atoms with Crippen LogP contribution in [0.5, 0.6) is 5.75 Å². The van der Waals surface area contributed by atoms with Crippen LogP contribution >= 0.6 is 0 Å². The van der Waals surface area contributed by atoms with Crippen LogP contribution in [-0.2, 0) is 32.4 Å². The zero-order chi connectivity index (χ0) is 25.2. The molecule has 0 saturated heterocycles. The molecule has 2 aromatic rings. The summed E-state index contributed by atoms with van der Waals surface area (Å²) in [6.07, 6.45) is 0.713. The van der Waals surface area contributed by atoms with Crippen molar-refractivity contribution in [2.75, 3.05) is 24.3 Å². The molecule has 0 spiro atoms. The molecule has 0 heterocycles. The Balaban J connectivity index is 1.79. The van der Waals surface area contributed by atoms with Crippen LogP contribution in [0.15, 0.2) is 48.5 Å². The highest BCUT2D eigenvalue weighted by Crippen LogP contribution is 2.17. The van der Waals surface area contributed by atoms with Crippen LogP contribution in [0.3, 0.4) is 0 Å². The van der Waals surface area contributed by atoms with Crippen molar-refractivity contribution in [2.24, 2.45) is 0 Å². The van der Waals surface area contributed by atoms with Gasteiger partial charge in [-0.1, -0.05) is 24.3 Å². The molecular weight excluding hydrogens is 458 g/mol. The first-order chi connectivity index (χ1) is 15.9. The highest BCUT2D eigenvalue weighted by Gasteiger charge is 2.16. The number of benzene rings is 2. The van der Waals surface area contributed by atoms with Crippen LogP contribution in [0.2, 0.25) is 0 Å². The first-order valence-electron chi connectivity index (χ1n) is 11.3. The van der Waals surface area contributed by atoms with Crippen LogP contribution in [0.4, 0.5) is 10.5 Å². The maximum Gasteiger partial charge on any atom is 0.412 e. The van der Waals surface area contributed by atoms with Gasteiger partial charge in [0.1, 0.15) is 11.4 Å². The summed E-state index contributed by atoms with van der Waals surface area (Å²) in [7, 11) is -4.01. The van der Waals surface area contributed by atoms with E-state index in [2.05, 4.69) is 5.32 Å². The largest absolute Gasteiger partial charge is 0.493 e. The van der Waals surface area contributed by atoms with Gasteiger partial charge < -0.3 is 14.2 Å². The lowest BCUT2D eigenvalue weighted by Gasteiger charge is -2.19. The molecule has 1 amide bonds. The number of rotatable bonds is 12. The van der Waals surface area contributed by atoms with Crippen LogP contribution in [0.1, 0.15) is 45.2 Å². The lowest BCUT2D eigenvalue weighted by Crippen LogP contribution is -2.27. The van der Waals surface area contributed by atoms with Crippen molar-refractivity contribution in [3.8, 4) is 5.75 Å². The number of amides is 1. The fourth-order valence-corrected chi connectivity index (χ4v) is 3.77. The van der Waals surface area contributed by atoms with Crippen molar-refractivity contribution in [2.45, 2.75) is 58.7 Å². The Labute approximate surface area is 202 Å². The lowest BCUT2D eigenvalue weighted by atomic mass is 10.1. The SMILES string of the molecule is CCO[C@H](CCS(=O)(=O)O)Cc1ccc(OCCc2ccc(NC(=O)OC(C)(C)C)cc2)cc1. The van der Waals surface area contributed by atoms with Gasteiger partial charge in [-0.3, -0.25) is 9.87 Å². The van der Waals surface area contributed by atoms with E-state index in [-0.39, 0.29) is 18.3 Å². The number of carbonyl (C=O) groups is 1. The van der Waals surface area contributed by atoms with E-state index in [4.69, 9.17) is 18.8 Å². The highest BCUT2D eigenvalue weighted by molar-refractivity contribution is 7.85. The van der Waals surface area contributed by atoms with Gasteiger partial charge >= 0.3 is 6.09 Å². The number of ether oxygens (including phenoxy) is 3. The topological polar surface area (TPSA) is 111 Å². The van der Waals surface area contributed by atoms with E-state index in [9.17, 15) is 13.2 Å². The molecule has 34 heavy (non-hydrogen) atoms. The fraction of sp³-hybridized carbons (Fsp3) is 0.480. The third kappa shape index (κ3) is 11.5. The minimum absolute atomic E-state index is 0.233. The Morgan fingerprint density at radius 2 is 1.65 bits per heavy atom. The normalized spacial score (nSPS) is 12.7. The number of hydrogen-bond acceptors (Lipinski definition) is 6. The summed E-state index contributed by atoms with van der Waals surface area (Å²) >= 11 is 0. The summed E-state index contributed by atoms with van der Waals surface area (Å²) in [5.41, 5.74) is 2.18. The van der Waals surface area contributed by atoms with E-state index in [0.29, 0.717) is 31.7 Å². The molecule has 2 aromatic carbocycles. The van der Waals surface area contributed by atoms with Gasteiger partial charge in [0.2, 0.25) is 0 Å². The summed E-state index contributed by atoms with van der Waals surface area (Å²) in [5.74, 6) is 0.412. The van der Waals surface area contributed by atoms with Crippen LogP contribution in [0, 0.1) is 0 Å². The van der Waals surface area contributed by atoms with Crippen molar-refractivity contribution < 1.29 is 32.0 Å². The number of nitrogens with one attached hydrogen (secondary N) is 1. The van der Waals surface area contributed by atoms with Crippen LogP contribution < -0.4 is 10.1 Å². The molecule has 9 heteroatoms. The molecule has 0 aliphatic carbocycles. The van der Waals surface area contributed by atoms with Gasteiger partial charge in [-0.25, -0.2) is 4.79 Å². The standard InChI is InChI=1S/C25H35NO7S/c1-5-31-23(15-17-34(28,29)30)18-20-8-12-22(13-9-20)32-16-14-19-6-10-21(11-7-19)26-24(27)33-25(2,3)4/h6-13,23H,5,14-18H2,1-4H3,(H,26,27)(H,28,29,30)/t23-/m1/s1. The van der Waals surface area contributed by atoms with E-state index in [1.165, 1.54) is 0 Å². The Kier molecular flexibility index (Phi) is 10.3. The zero-order valence-corrected chi connectivity index (χ0v) is 21.1. The average Bonchev–Trinajstić information content (AvgIpc) is 2.73. The maximum absolute atomic E-state index is 11.8. The lowest BCUT2D eigenvalue weighted by molar-refractivity contribution is 0.0608. The van der Waals surface area contributed by atoms with Crippen molar-refractivity contribution in [1.29, 1.82) is 0 Å². The van der Waals surface area contributed by atoms with E-state index in [1.807, 2.05) is 76.2 Å². The Bertz CT molecular complexity index is 997. The number of carbonyl (C=O) groups excluding carboxylic acids is 1. The molecule has 188 valence electrons. The smallest absolute Gasteiger partial charge is 0.412 e. The molecular formula is C25H35NO7S. The van der Waals surface area contributed by atoms with Crippen molar-refractivity contribution in [1.82, 2.24) is 0 Å². The molecule has 0 saturated carbocycles. The first kappa shape index (κ1) is 27.6. The minimum atomic E-state index is -4.01. The van der Waals surface area contributed by atoms with E-state index in [1.54, 1.807) is 0 Å². The minimum Gasteiger partial charge on any atom is -0.493 e. The van der Waals surface area contributed by atoms with E-state index >= 15 is 0 Å². The Morgan fingerprint density at radius 3 is 2.21 bits per heavy atom. The first-order valence-corrected chi connectivity index (χ1v) is 12.9. The molecule has 2 rings (SSSR count). The Hall–Kier alpha value is -2.62. The van der Waals surface area contributed by atoms with Gasteiger partial charge in [0.15, 0.2) is 0 Å². The summed E-state index contributed by atoms with van der Waals surface area (Å²) in [5, 5.41) is 2.71. The third-order valence-corrected chi connectivity index (χ3v) is 5.50. The predicted molar refractivity (Wildman–Crippen MR) is 132 cm³/mol. The summed E-state index contributed by atoms with van der Waals surface area (Å²) in [6.45, 7) is 8.25. The zero-order valence-electron chi connectivity index (χ0n) is 20.2. The van der Waals surface area contributed by atoms with Crippen molar-refractivity contribution in [3.05, 3.63) is 59.7 Å². The second kappa shape index (κ2) is 12.7. The molecule has 0 aromatic heterocycles. The molecule has 1 atom stereocenters. The van der Waals surface area contributed by atoms with Crippen molar-refractivity contribution >= 4 is 21.9 Å². The molecule has 0 unspecified atom stereocenters. The van der Waals surface area contributed by atoms with E-state index in [0.717, 1.165) is 16.9 Å². The fourth-order valence-electron chi connectivity index (χ4n) is 3.21. The summed E-state index contributed by atoms with van der Waals surface area (Å²) < 4.78 is 47.6. The number of anilines is 1. The molecule has 2 N–H and O–H groups in total. The van der Waals surface area contributed by atoms with Crippen molar-refractivity contribution in [3.63, 3.8) is 0 Å². The maximum atomic E-state index is 11.8. The molecule has 0 aliphatic rings. The quantitative estimate of drug-likeness (QED) is 0.405. The van der Waals surface area contributed by atoms with E-state index < -0.39 is 21.8 Å². The van der Waals surface area contributed by atoms with Gasteiger partial charge in [0, 0.05) is 18.7 Å². The van der Waals surface area contributed by atoms with Gasteiger partial charge in [-0.05, 0) is 75.9 Å². The van der Waals surface area contributed by atoms with Gasteiger partial charge in [0.25, 0.3) is 10.1 Å². The average molecular weight is 494 g/mol. The summed E-state index contributed by atoms with van der Waals surface area (Å²) in [6, 6.07) is 15.1. The molecule has 0 aliphatic heterocycles. The monoisotopic (exact) mass is 493 g/mol. The van der Waals surface area contributed by atoms with Gasteiger partial charge in [-0.2, -0.15) is 8.42 Å². The third-order valence-electron chi connectivity index (χ3n) is 4.75. The molecule has 0 radical (unpaired) electrons. The summed E-state index contributed by atoms with van der Waals surface area (Å²) in [4.78, 5) is 11.8. The number of hydrogen-bond donors (Lipinski definition) is 2. The second-order valence-corrected chi connectivity index (χ2v) is 10.5. The molecule has 8 nitrogen and oxygen atoms in total.